The van der Waals surface area contributed by atoms with Crippen LogP contribution in [0.15, 0.2) is 150 Å². The molecule has 0 aliphatic carbocycles. The Labute approximate surface area is 281 Å². The van der Waals surface area contributed by atoms with Crippen molar-refractivity contribution in [2.45, 2.75) is 0 Å². The lowest BCUT2D eigenvalue weighted by molar-refractivity contribution is 0.415. The maximum atomic E-state index is 6.30. The second-order valence-electron chi connectivity index (χ2n) is 12.5. The van der Waals surface area contributed by atoms with E-state index in [1.54, 1.807) is 14.2 Å². The maximum Gasteiger partial charge on any atom is 0.137 e. The number of hydrogen-bond acceptors (Lipinski definition) is 3. The number of ether oxygens (including phenoxy) is 2. The summed E-state index contributed by atoms with van der Waals surface area (Å²) in [5, 5.41) is 6.87. The Kier molecular flexibility index (Phi) is 5.94. The van der Waals surface area contributed by atoms with Gasteiger partial charge < -0.3 is 23.0 Å². The number of rotatable bonds is 5. The second kappa shape index (κ2) is 10.5. The number of aromatic nitrogens is 2. The number of furan rings is 1. The van der Waals surface area contributed by atoms with E-state index in [0.717, 1.165) is 94.2 Å². The zero-order valence-electron chi connectivity index (χ0n) is 27.0. The van der Waals surface area contributed by atoms with Crippen LogP contribution in [-0.4, -0.2) is 23.4 Å². The molecule has 0 aliphatic rings. The quantitative estimate of drug-likeness (QED) is 0.189. The van der Waals surface area contributed by atoms with Gasteiger partial charge in [0.05, 0.1) is 36.3 Å². The first-order valence-corrected chi connectivity index (χ1v) is 16.4. The number of benzene rings is 7. The van der Waals surface area contributed by atoms with Crippen molar-refractivity contribution in [2.24, 2.45) is 0 Å². The highest BCUT2D eigenvalue weighted by Gasteiger charge is 2.18. The summed E-state index contributed by atoms with van der Waals surface area (Å²) in [5.41, 5.74) is 10.8. The minimum absolute atomic E-state index is 0.828. The van der Waals surface area contributed by atoms with E-state index in [1.807, 2.05) is 24.3 Å². The Bertz CT molecular complexity index is 2910. The van der Waals surface area contributed by atoms with Gasteiger partial charge in [-0.05, 0) is 102 Å². The summed E-state index contributed by atoms with van der Waals surface area (Å²) in [7, 11) is 3.44. The van der Waals surface area contributed by atoms with Crippen LogP contribution in [0.5, 0.6) is 11.5 Å². The summed E-state index contributed by atoms with van der Waals surface area (Å²) in [6.07, 6.45) is 0. The number of methoxy groups -OCH3 is 2. The standard InChI is InChI=1S/C44H30N2O3/c1-47-31-15-20-41-37(25-31)35-22-27(12-18-39(35)45(41)29-8-4-3-5-9-29)28-13-19-40-36(23-28)38-26-32(48-2)16-21-42(38)46(40)30-14-17-34-33-10-6-7-11-43(33)49-44(34)24-30/h3-26H,1-2H3. The summed E-state index contributed by atoms with van der Waals surface area (Å²) < 4.78 is 22.3. The minimum Gasteiger partial charge on any atom is -0.497 e. The smallest absolute Gasteiger partial charge is 0.137 e. The van der Waals surface area contributed by atoms with Gasteiger partial charge in [0.2, 0.25) is 0 Å². The second-order valence-corrected chi connectivity index (χ2v) is 12.5. The SMILES string of the molecule is COc1ccc2c(c1)c1cc(-c3ccc4c(c3)c3cc(OC)ccc3n4-c3ccc4c(c3)oc3ccccc34)ccc1n2-c1ccccc1. The van der Waals surface area contributed by atoms with E-state index in [-0.39, 0.29) is 0 Å². The van der Waals surface area contributed by atoms with Gasteiger partial charge in [-0.25, -0.2) is 0 Å². The molecule has 0 atom stereocenters. The first-order valence-electron chi connectivity index (χ1n) is 16.4. The molecule has 0 aliphatic heterocycles. The van der Waals surface area contributed by atoms with E-state index in [2.05, 4.69) is 130 Å². The molecule has 0 radical (unpaired) electrons. The van der Waals surface area contributed by atoms with Gasteiger partial charge in [0.15, 0.2) is 0 Å². The predicted octanol–water partition coefficient (Wildman–Crippen LogP) is 11.5. The third-order valence-electron chi connectivity index (χ3n) is 9.91. The molecule has 0 N–H and O–H groups in total. The van der Waals surface area contributed by atoms with E-state index in [0.29, 0.717) is 0 Å². The van der Waals surface area contributed by atoms with Crippen molar-refractivity contribution in [1.82, 2.24) is 9.13 Å². The maximum absolute atomic E-state index is 6.30. The largest absolute Gasteiger partial charge is 0.497 e. The Morgan fingerprint density at radius 3 is 1.51 bits per heavy atom. The summed E-state index contributed by atoms with van der Waals surface area (Å²) >= 11 is 0. The van der Waals surface area contributed by atoms with Crippen molar-refractivity contribution < 1.29 is 13.9 Å². The van der Waals surface area contributed by atoms with E-state index in [9.17, 15) is 0 Å². The lowest BCUT2D eigenvalue weighted by Gasteiger charge is -2.09. The molecule has 0 saturated heterocycles. The van der Waals surface area contributed by atoms with Crippen LogP contribution >= 0.6 is 0 Å². The number of hydrogen-bond donors (Lipinski definition) is 0. The molecule has 7 aromatic carbocycles. The molecule has 0 saturated carbocycles. The fraction of sp³-hybridized carbons (Fsp3) is 0.0455. The zero-order chi connectivity index (χ0) is 32.6. The lowest BCUT2D eigenvalue weighted by atomic mass is 10.0. The molecular weight excluding hydrogens is 604 g/mol. The van der Waals surface area contributed by atoms with Gasteiger partial charge in [0.25, 0.3) is 0 Å². The molecule has 10 rings (SSSR count). The Hall–Kier alpha value is -6.46. The molecule has 3 heterocycles. The van der Waals surface area contributed by atoms with Crippen molar-refractivity contribution in [3.05, 3.63) is 146 Å². The summed E-state index contributed by atoms with van der Waals surface area (Å²) in [5.74, 6) is 1.67. The minimum atomic E-state index is 0.828. The first-order chi connectivity index (χ1) is 24.2. The summed E-state index contributed by atoms with van der Waals surface area (Å²) in [4.78, 5) is 0. The Morgan fingerprint density at radius 2 is 0.898 bits per heavy atom. The van der Waals surface area contributed by atoms with Crippen molar-refractivity contribution in [3.8, 4) is 34.0 Å². The Morgan fingerprint density at radius 1 is 0.388 bits per heavy atom. The van der Waals surface area contributed by atoms with Crippen LogP contribution in [0.3, 0.4) is 0 Å². The molecule has 234 valence electrons. The molecule has 0 bridgehead atoms. The molecular formula is C44H30N2O3. The number of fused-ring (bicyclic) bond motifs is 9. The van der Waals surface area contributed by atoms with Crippen molar-refractivity contribution in [2.75, 3.05) is 14.2 Å². The van der Waals surface area contributed by atoms with Crippen LogP contribution in [-0.2, 0) is 0 Å². The average molecular weight is 635 g/mol. The molecule has 5 nitrogen and oxygen atoms in total. The molecule has 0 spiro atoms. The van der Waals surface area contributed by atoms with Crippen molar-refractivity contribution in [1.29, 1.82) is 0 Å². The van der Waals surface area contributed by atoms with Crippen LogP contribution in [0, 0.1) is 0 Å². The van der Waals surface area contributed by atoms with E-state index in [4.69, 9.17) is 13.9 Å². The van der Waals surface area contributed by atoms with Crippen molar-refractivity contribution in [3.63, 3.8) is 0 Å². The van der Waals surface area contributed by atoms with Crippen LogP contribution in [0.25, 0.3) is 88.1 Å². The van der Waals surface area contributed by atoms with Crippen LogP contribution in [0.4, 0.5) is 0 Å². The predicted molar refractivity (Wildman–Crippen MR) is 201 cm³/mol. The number of nitrogens with zero attached hydrogens (tertiary/aromatic N) is 2. The topological polar surface area (TPSA) is 41.5 Å². The van der Waals surface area contributed by atoms with E-state index in [1.165, 1.54) is 5.39 Å². The average Bonchev–Trinajstić information content (AvgIpc) is 3.81. The Balaban J connectivity index is 1.19. The van der Waals surface area contributed by atoms with Gasteiger partial charge in [0, 0.05) is 49.8 Å². The highest BCUT2D eigenvalue weighted by atomic mass is 16.5. The lowest BCUT2D eigenvalue weighted by Crippen LogP contribution is -1.94. The van der Waals surface area contributed by atoms with Crippen LogP contribution in [0.1, 0.15) is 0 Å². The van der Waals surface area contributed by atoms with Crippen LogP contribution in [0.2, 0.25) is 0 Å². The summed E-state index contributed by atoms with van der Waals surface area (Å²) in [6, 6.07) is 51.4. The fourth-order valence-corrected chi connectivity index (χ4v) is 7.60. The molecule has 3 aromatic heterocycles. The molecule has 0 unspecified atom stereocenters. The van der Waals surface area contributed by atoms with Gasteiger partial charge in [-0.3, -0.25) is 0 Å². The van der Waals surface area contributed by atoms with Crippen molar-refractivity contribution >= 4 is 65.6 Å². The molecule has 49 heavy (non-hydrogen) atoms. The van der Waals surface area contributed by atoms with Gasteiger partial charge in [-0.15, -0.1) is 0 Å². The van der Waals surface area contributed by atoms with Gasteiger partial charge in [-0.1, -0.05) is 48.5 Å². The van der Waals surface area contributed by atoms with Crippen LogP contribution < -0.4 is 9.47 Å². The third kappa shape index (κ3) is 4.12. The van der Waals surface area contributed by atoms with Gasteiger partial charge in [0.1, 0.15) is 22.7 Å². The highest BCUT2D eigenvalue weighted by Crippen LogP contribution is 2.40. The molecule has 10 aromatic rings. The fourth-order valence-electron chi connectivity index (χ4n) is 7.60. The number of para-hydroxylation sites is 2. The molecule has 0 fully saturated rings. The third-order valence-corrected chi connectivity index (χ3v) is 9.91. The zero-order valence-corrected chi connectivity index (χ0v) is 27.0. The van der Waals surface area contributed by atoms with Gasteiger partial charge in [-0.2, -0.15) is 0 Å². The first kappa shape index (κ1) is 27.6. The van der Waals surface area contributed by atoms with E-state index < -0.39 is 0 Å². The molecule has 0 amide bonds. The highest BCUT2D eigenvalue weighted by molar-refractivity contribution is 6.13. The normalized spacial score (nSPS) is 11.9. The van der Waals surface area contributed by atoms with Gasteiger partial charge >= 0.3 is 0 Å². The summed E-state index contributed by atoms with van der Waals surface area (Å²) in [6.45, 7) is 0. The van der Waals surface area contributed by atoms with E-state index >= 15 is 0 Å². The molecule has 5 heteroatoms. The monoisotopic (exact) mass is 634 g/mol.